The molecule has 1 aliphatic heterocycles. The van der Waals surface area contributed by atoms with Crippen LogP contribution < -0.4 is 5.73 Å². The van der Waals surface area contributed by atoms with Crippen LogP contribution in [0.25, 0.3) is 0 Å². The van der Waals surface area contributed by atoms with Gasteiger partial charge in [-0.15, -0.1) is 0 Å². The van der Waals surface area contributed by atoms with Gasteiger partial charge < -0.3 is 10.8 Å². The summed E-state index contributed by atoms with van der Waals surface area (Å²) in [6, 6.07) is 2.52. The summed E-state index contributed by atoms with van der Waals surface area (Å²) < 4.78 is 39.3. The highest BCUT2D eigenvalue weighted by Gasteiger charge is 2.37. The minimum Gasteiger partial charge on any atom is -0.399 e. The molecule has 0 bridgehead atoms. The molecule has 5 nitrogen and oxygen atoms in total. The second kappa shape index (κ2) is 4.49. The van der Waals surface area contributed by atoms with Gasteiger partial charge in [0.05, 0.1) is 0 Å². The second-order valence-electron chi connectivity index (χ2n) is 4.52. The number of hydrogen-bond donors (Lipinski definition) is 2. The summed E-state index contributed by atoms with van der Waals surface area (Å²) in [6.07, 6.45) is 0. The fraction of sp³-hybridized carbons (Fsp3) is 0.455. The largest absolute Gasteiger partial charge is 0.399 e. The third kappa shape index (κ3) is 2.09. The summed E-state index contributed by atoms with van der Waals surface area (Å²) in [7, 11) is -3.85. The smallest absolute Gasteiger partial charge is 0.246 e. The summed E-state index contributed by atoms with van der Waals surface area (Å²) in [4.78, 5) is -0.392. The molecule has 1 aliphatic rings. The number of nitrogens with zero attached hydrogens (tertiary/aromatic N) is 1. The molecule has 100 valence electrons. The minimum atomic E-state index is -3.85. The molecule has 0 aliphatic carbocycles. The Labute approximate surface area is 105 Å². The van der Waals surface area contributed by atoms with Crippen LogP contribution in [-0.4, -0.2) is 37.5 Å². The number of nitrogen functional groups attached to an aromatic ring is 1. The monoisotopic (exact) mass is 274 g/mol. The molecule has 0 amide bonds. The molecule has 0 radical (unpaired) electrons. The zero-order valence-corrected chi connectivity index (χ0v) is 10.7. The number of sulfonamides is 1. The first-order chi connectivity index (χ1) is 8.36. The molecule has 0 aromatic heterocycles. The van der Waals surface area contributed by atoms with Gasteiger partial charge in [0, 0.05) is 31.3 Å². The van der Waals surface area contributed by atoms with Gasteiger partial charge in [0.15, 0.2) is 0 Å². The van der Waals surface area contributed by atoms with Crippen molar-refractivity contribution in [3.63, 3.8) is 0 Å². The first-order valence-electron chi connectivity index (χ1n) is 5.53. The van der Waals surface area contributed by atoms with Crippen molar-refractivity contribution < 1.29 is 17.9 Å². The molecule has 1 saturated heterocycles. The van der Waals surface area contributed by atoms with E-state index in [1.54, 1.807) is 0 Å². The molecular weight excluding hydrogens is 259 g/mol. The topological polar surface area (TPSA) is 83.6 Å². The highest BCUT2D eigenvalue weighted by molar-refractivity contribution is 7.89. The van der Waals surface area contributed by atoms with Crippen molar-refractivity contribution in [2.24, 2.45) is 5.92 Å². The van der Waals surface area contributed by atoms with Gasteiger partial charge in [0.1, 0.15) is 10.7 Å². The van der Waals surface area contributed by atoms with Gasteiger partial charge in [-0.25, -0.2) is 12.8 Å². The Balaban J connectivity index is 2.37. The van der Waals surface area contributed by atoms with Gasteiger partial charge in [-0.05, 0) is 24.6 Å². The van der Waals surface area contributed by atoms with Crippen LogP contribution in [-0.2, 0) is 10.0 Å². The Morgan fingerprint density at radius 1 is 1.50 bits per heavy atom. The predicted molar refractivity (Wildman–Crippen MR) is 64.9 cm³/mol. The van der Waals surface area contributed by atoms with Gasteiger partial charge in [-0.3, -0.25) is 0 Å². The van der Waals surface area contributed by atoms with Crippen LogP contribution >= 0.6 is 0 Å². The standard InChI is InChI=1S/C11H15FN2O3S/c1-7-2-9(13)3-10(11(7)12)18(16,17)14-4-8(5-14)6-15/h2-3,8,15H,4-6,13H2,1H3. The average Bonchev–Trinajstić information content (AvgIpc) is 2.21. The number of benzene rings is 1. The highest BCUT2D eigenvalue weighted by atomic mass is 32.2. The lowest BCUT2D eigenvalue weighted by Gasteiger charge is -2.37. The van der Waals surface area contributed by atoms with E-state index in [0.29, 0.717) is 0 Å². The maximum absolute atomic E-state index is 13.9. The number of anilines is 1. The van der Waals surface area contributed by atoms with Crippen LogP contribution in [0.5, 0.6) is 0 Å². The van der Waals surface area contributed by atoms with Crippen molar-refractivity contribution >= 4 is 15.7 Å². The summed E-state index contributed by atoms with van der Waals surface area (Å²) >= 11 is 0. The molecule has 0 spiro atoms. The van der Waals surface area contributed by atoms with Crippen LogP contribution in [0.2, 0.25) is 0 Å². The molecule has 1 aromatic carbocycles. The van der Waals surface area contributed by atoms with E-state index in [2.05, 4.69) is 0 Å². The van der Waals surface area contributed by atoms with E-state index in [1.165, 1.54) is 13.0 Å². The number of aliphatic hydroxyl groups is 1. The summed E-state index contributed by atoms with van der Waals surface area (Å²) in [5, 5.41) is 8.87. The molecule has 0 saturated carbocycles. The molecular formula is C11H15FN2O3S. The third-order valence-electron chi connectivity index (χ3n) is 3.04. The highest BCUT2D eigenvalue weighted by Crippen LogP contribution is 2.29. The third-order valence-corrected chi connectivity index (χ3v) is 4.87. The SMILES string of the molecule is Cc1cc(N)cc(S(=O)(=O)N2CC(CO)C2)c1F. The summed E-state index contributed by atoms with van der Waals surface area (Å²) in [6.45, 7) is 1.83. The molecule has 0 unspecified atom stereocenters. The van der Waals surface area contributed by atoms with E-state index in [9.17, 15) is 12.8 Å². The van der Waals surface area contributed by atoms with E-state index in [-0.39, 0.29) is 36.9 Å². The molecule has 3 N–H and O–H groups in total. The number of aliphatic hydroxyl groups excluding tert-OH is 1. The second-order valence-corrected chi connectivity index (χ2v) is 6.43. The average molecular weight is 274 g/mol. The lowest BCUT2D eigenvalue weighted by atomic mass is 10.1. The number of halogens is 1. The Kier molecular flexibility index (Phi) is 3.31. The quantitative estimate of drug-likeness (QED) is 0.778. The van der Waals surface area contributed by atoms with Crippen LogP contribution in [0, 0.1) is 18.7 Å². The van der Waals surface area contributed by atoms with Gasteiger partial charge in [0.25, 0.3) is 0 Å². The van der Waals surface area contributed by atoms with Crippen LogP contribution in [0.1, 0.15) is 5.56 Å². The molecule has 1 heterocycles. The predicted octanol–water partition coefficient (Wildman–Crippen LogP) is 0.329. The number of rotatable bonds is 3. The van der Waals surface area contributed by atoms with Crippen LogP contribution in [0.3, 0.4) is 0 Å². The van der Waals surface area contributed by atoms with Crippen LogP contribution in [0.15, 0.2) is 17.0 Å². The fourth-order valence-corrected chi connectivity index (χ4v) is 3.69. The van der Waals surface area contributed by atoms with Crippen molar-refractivity contribution in [1.82, 2.24) is 4.31 Å². The maximum Gasteiger partial charge on any atom is 0.246 e. The Morgan fingerprint density at radius 2 is 2.11 bits per heavy atom. The molecule has 1 aromatic rings. The zero-order valence-electron chi connectivity index (χ0n) is 9.93. The summed E-state index contributed by atoms with van der Waals surface area (Å²) in [5.74, 6) is -0.832. The van der Waals surface area contributed by atoms with Crippen molar-refractivity contribution in [2.45, 2.75) is 11.8 Å². The zero-order chi connectivity index (χ0) is 13.5. The van der Waals surface area contributed by atoms with E-state index in [4.69, 9.17) is 10.8 Å². The molecule has 0 atom stereocenters. The van der Waals surface area contributed by atoms with E-state index in [0.717, 1.165) is 10.4 Å². The number of aryl methyl sites for hydroxylation is 1. The summed E-state index contributed by atoms with van der Waals surface area (Å²) in [5.41, 5.74) is 5.96. The maximum atomic E-state index is 13.9. The van der Waals surface area contributed by atoms with Gasteiger partial charge in [0.2, 0.25) is 10.0 Å². The first kappa shape index (κ1) is 13.3. The van der Waals surface area contributed by atoms with Crippen molar-refractivity contribution in [3.05, 3.63) is 23.5 Å². The van der Waals surface area contributed by atoms with E-state index in [1.807, 2.05) is 0 Å². The normalized spacial score (nSPS) is 17.7. The fourth-order valence-electron chi connectivity index (χ4n) is 1.93. The van der Waals surface area contributed by atoms with Crippen molar-refractivity contribution in [2.75, 3.05) is 25.4 Å². The van der Waals surface area contributed by atoms with Gasteiger partial charge in [-0.2, -0.15) is 4.31 Å². The molecule has 1 fully saturated rings. The molecule has 7 heteroatoms. The molecule has 18 heavy (non-hydrogen) atoms. The van der Waals surface area contributed by atoms with Gasteiger partial charge >= 0.3 is 0 Å². The van der Waals surface area contributed by atoms with Crippen molar-refractivity contribution in [3.8, 4) is 0 Å². The van der Waals surface area contributed by atoms with Crippen LogP contribution in [0.4, 0.5) is 10.1 Å². The van der Waals surface area contributed by atoms with Gasteiger partial charge in [-0.1, -0.05) is 0 Å². The minimum absolute atomic E-state index is 0.0648. The Hall–Kier alpha value is -1.18. The Bertz CT molecular complexity index is 568. The first-order valence-corrected chi connectivity index (χ1v) is 6.97. The van der Waals surface area contributed by atoms with E-state index >= 15 is 0 Å². The van der Waals surface area contributed by atoms with Crippen molar-refractivity contribution in [1.29, 1.82) is 0 Å². The lowest BCUT2D eigenvalue weighted by Crippen LogP contribution is -2.51. The lowest BCUT2D eigenvalue weighted by molar-refractivity contribution is 0.117. The molecule has 2 rings (SSSR count). The number of hydrogen-bond acceptors (Lipinski definition) is 4. The number of nitrogens with two attached hydrogens (primary N) is 1. The van der Waals surface area contributed by atoms with E-state index < -0.39 is 20.7 Å². The Morgan fingerprint density at radius 3 is 2.67 bits per heavy atom.